The maximum Gasteiger partial charge on any atom is 0.345 e. The summed E-state index contributed by atoms with van der Waals surface area (Å²) in [7, 11) is 0. The minimum absolute atomic E-state index is 0.173. The Hall–Kier alpha value is -3.61. The van der Waals surface area contributed by atoms with E-state index in [0.29, 0.717) is 28.5 Å². The highest BCUT2D eigenvalue weighted by atomic mass is 35.5. The number of para-hydroxylation sites is 1. The second kappa shape index (κ2) is 11.9. The van der Waals surface area contributed by atoms with Gasteiger partial charge in [0.05, 0.1) is 16.8 Å². The Kier molecular flexibility index (Phi) is 8.63. The predicted octanol–water partition coefficient (Wildman–Crippen LogP) is 5.47. The van der Waals surface area contributed by atoms with E-state index in [2.05, 4.69) is 17.1 Å². The first-order valence-electron chi connectivity index (χ1n) is 9.87. The number of carbonyl (C=O) groups is 2. The third-order valence-corrected chi connectivity index (χ3v) is 4.89. The molecule has 3 aromatic rings. The number of nitrogens with one attached hydrogen (secondary N) is 1. The van der Waals surface area contributed by atoms with E-state index < -0.39 is 11.9 Å². The van der Waals surface area contributed by atoms with Crippen LogP contribution in [0.1, 0.15) is 21.5 Å². The number of rotatable bonds is 9. The number of amides is 1. The normalized spacial score (nSPS) is 10.6. The second-order valence-corrected chi connectivity index (χ2v) is 7.61. The first-order valence-corrected chi connectivity index (χ1v) is 10.6. The van der Waals surface area contributed by atoms with Gasteiger partial charge in [-0.15, -0.1) is 6.58 Å². The lowest BCUT2D eigenvalue weighted by atomic mass is 10.1. The minimum atomic E-state index is -0.597. The van der Waals surface area contributed by atoms with E-state index in [1.54, 1.807) is 42.5 Å². The van der Waals surface area contributed by atoms with E-state index in [9.17, 15) is 9.59 Å². The van der Waals surface area contributed by atoms with Crippen LogP contribution in [0, 0.1) is 0 Å². The average Bonchev–Trinajstić information content (AvgIpc) is 2.80. The molecule has 33 heavy (non-hydrogen) atoms. The Balaban J connectivity index is 1.49. The van der Waals surface area contributed by atoms with Gasteiger partial charge in [-0.2, -0.15) is 5.10 Å². The van der Waals surface area contributed by atoms with Gasteiger partial charge in [0.25, 0.3) is 5.91 Å². The molecule has 0 atom stereocenters. The lowest BCUT2D eigenvalue weighted by Crippen LogP contribution is -2.24. The molecule has 0 heterocycles. The predicted molar refractivity (Wildman–Crippen MR) is 129 cm³/mol. The van der Waals surface area contributed by atoms with Crippen molar-refractivity contribution in [1.82, 2.24) is 5.43 Å². The van der Waals surface area contributed by atoms with Crippen molar-refractivity contribution in [3.8, 4) is 11.5 Å². The molecule has 3 aromatic carbocycles. The topological polar surface area (TPSA) is 77.0 Å². The van der Waals surface area contributed by atoms with Crippen LogP contribution >= 0.6 is 23.2 Å². The summed E-state index contributed by atoms with van der Waals surface area (Å²) in [5.74, 6) is -0.0367. The van der Waals surface area contributed by atoms with E-state index in [1.165, 1.54) is 18.3 Å². The highest BCUT2D eigenvalue weighted by Gasteiger charge is 2.13. The van der Waals surface area contributed by atoms with Gasteiger partial charge in [-0.3, -0.25) is 4.79 Å². The highest BCUT2D eigenvalue weighted by Crippen LogP contribution is 2.23. The van der Waals surface area contributed by atoms with Crippen molar-refractivity contribution in [2.45, 2.75) is 6.42 Å². The summed E-state index contributed by atoms with van der Waals surface area (Å²) in [6.07, 6.45) is 3.88. The number of carbonyl (C=O) groups excluding carboxylic acids is 2. The van der Waals surface area contributed by atoms with Crippen molar-refractivity contribution in [3.05, 3.63) is 106 Å². The number of ether oxygens (including phenoxy) is 2. The largest absolute Gasteiger partial charge is 0.483 e. The molecule has 0 aliphatic heterocycles. The number of esters is 1. The molecule has 3 rings (SSSR count). The van der Waals surface area contributed by atoms with E-state index in [1.807, 2.05) is 18.2 Å². The molecule has 8 heteroatoms. The molecule has 0 aliphatic rings. The van der Waals surface area contributed by atoms with Crippen molar-refractivity contribution in [1.29, 1.82) is 0 Å². The molecule has 0 bridgehead atoms. The molecule has 0 aliphatic carbocycles. The quantitative estimate of drug-likeness (QED) is 0.144. The van der Waals surface area contributed by atoms with E-state index in [4.69, 9.17) is 32.7 Å². The molecule has 0 saturated heterocycles. The first-order chi connectivity index (χ1) is 16.0. The number of hydrogen-bond donors (Lipinski definition) is 1. The van der Waals surface area contributed by atoms with Gasteiger partial charge in [0.15, 0.2) is 6.61 Å². The molecule has 0 aromatic heterocycles. The van der Waals surface area contributed by atoms with Gasteiger partial charge in [-0.05, 0) is 66.1 Å². The van der Waals surface area contributed by atoms with E-state index in [0.717, 1.165) is 5.56 Å². The molecular formula is C25H20Cl2N2O4. The van der Waals surface area contributed by atoms with Crippen LogP contribution in [0.4, 0.5) is 0 Å². The van der Waals surface area contributed by atoms with Gasteiger partial charge < -0.3 is 9.47 Å². The zero-order valence-corrected chi connectivity index (χ0v) is 19.0. The Bertz CT molecular complexity index is 1180. The van der Waals surface area contributed by atoms with Crippen LogP contribution in [0.25, 0.3) is 0 Å². The van der Waals surface area contributed by atoms with Crippen molar-refractivity contribution in [2.75, 3.05) is 6.61 Å². The molecule has 6 nitrogen and oxygen atoms in total. The van der Waals surface area contributed by atoms with Crippen LogP contribution in [0.15, 0.2) is 84.5 Å². The van der Waals surface area contributed by atoms with Crippen molar-refractivity contribution in [2.24, 2.45) is 5.10 Å². The molecule has 1 N–H and O–H groups in total. The molecule has 0 fully saturated rings. The summed E-state index contributed by atoms with van der Waals surface area (Å²) in [4.78, 5) is 24.2. The third kappa shape index (κ3) is 7.20. The lowest BCUT2D eigenvalue weighted by Gasteiger charge is -2.09. The fourth-order valence-corrected chi connectivity index (χ4v) is 3.25. The highest BCUT2D eigenvalue weighted by molar-refractivity contribution is 6.36. The smallest absolute Gasteiger partial charge is 0.345 e. The van der Waals surface area contributed by atoms with Gasteiger partial charge in [0, 0.05) is 5.02 Å². The third-order valence-electron chi connectivity index (χ3n) is 4.34. The van der Waals surface area contributed by atoms with Crippen LogP contribution in [0.2, 0.25) is 10.0 Å². The number of nitrogens with zero attached hydrogens (tertiary/aromatic N) is 1. The number of benzene rings is 3. The van der Waals surface area contributed by atoms with Crippen molar-refractivity contribution >= 4 is 41.3 Å². The Morgan fingerprint density at radius 3 is 2.52 bits per heavy atom. The zero-order valence-electron chi connectivity index (χ0n) is 17.5. The molecule has 0 radical (unpaired) electrons. The monoisotopic (exact) mass is 482 g/mol. The van der Waals surface area contributed by atoms with Crippen LogP contribution in [-0.2, 0) is 11.2 Å². The van der Waals surface area contributed by atoms with Crippen LogP contribution in [0.3, 0.4) is 0 Å². The second-order valence-electron chi connectivity index (χ2n) is 6.77. The summed E-state index contributed by atoms with van der Waals surface area (Å²) in [5.41, 5.74) is 4.26. The fourth-order valence-electron chi connectivity index (χ4n) is 2.76. The Morgan fingerprint density at radius 2 is 1.79 bits per heavy atom. The fraction of sp³-hybridized carbons (Fsp3) is 0.0800. The van der Waals surface area contributed by atoms with Crippen molar-refractivity contribution in [3.63, 3.8) is 0 Å². The molecule has 168 valence electrons. The summed E-state index contributed by atoms with van der Waals surface area (Å²) in [5, 5.41) is 4.55. The molecule has 0 saturated carbocycles. The summed E-state index contributed by atoms with van der Waals surface area (Å²) < 4.78 is 10.9. The van der Waals surface area contributed by atoms with Gasteiger partial charge in [-0.1, -0.05) is 47.5 Å². The summed E-state index contributed by atoms with van der Waals surface area (Å²) >= 11 is 11.9. The average molecular weight is 483 g/mol. The number of allylic oxidation sites excluding steroid dienone is 1. The van der Waals surface area contributed by atoms with E-state index in [-0.39, 0.29) is 17.2 Å². The number of halogens is 2. The van der Waals surface area contributed by atoms with Gasteiger partial charge >= 0.3 is 5.97 Å². The van der Waals surface area contributed by atoms with Gasteiger partial charge in [0.1, 0.15) is 11.5 Å². The van der Waals surface area contributed by atoms with Crippen LogP contribution < -0.4 is 14.9 Å². The lowest BCUT2D eigenvalue weighted by molar-refractivity contribution is -0.123. The zero-order chi connectivity index (χ0) is 23.6. The maximum absolute atomic E-state index is 12.3. The number of hydrazone groups is 1. The molecule has 0 unspecified atom stereocenters. The van der Waals surface area contributed by atoms with Gasteiger partial charge in [-0.25, -0.2) is 10.2 Å². The Morgan fingerprint density at radius 1 is 1.03 bits per heavy atom. The molecular weight excluding hydrogens is 463 g/mol. The van der Waals surface area contributed by atoms with Crippen LogP contribution in [-0.4, -0.2) is 24.7 Å². The standard InChI is InChI=1S/C25H20Cl2N2O4/c1-2-5-18-6-3-4-7-23(18)32-16-24(30)29-28-15-17-8-11-20(12-9-17)33-25(31)21-13-10-19(26)14-22(21)27/h2-4,6-15H,1,5,16H2,(H,29,30). The van der Waals surface area contributed by atoms with Gasteiger partial charge in [0.2, 0.25) is 0 Å². The SMILES string of the molecule is C=CCc1ccccc1OCC(=O)NN=Cc1ccc(OC(=O)c2ccc(Cl)cc2Cl)cc1. The Labute approximate surface area is 201 Å². The first kappa shape index (κ1) is 24.0. The molecule has 0 spiro atoms. The summed E-state index contributed by atoms with van der Waals surface area (Å²) in [6, 6.07) is 18.5. The minimum Gasteiger partial charge on any atom is -0.483 e. The van der Waals surface area contributed by atoms with E-state index >= 15 is 0 Å². The van der Waals surface area contributed by atoms with Crippen molar-refractivity contribution < 1.29 is 19.1 Å². The summed E-state index contributed by atoms with van der Waals surface area (Å²) in [6.45, 7) is 3.54. The molecule has 1 amide bonds. The maximum atomic E-state index is 12.3. The van der Waals surface area contributed by atoms with Crippen LogP contribution in [0.5, 0.6) is 11.5 Å². The number of hydrogen-bond acceptors (Lipinski definition) is 5.